The number of amides is 1. The highest BCUT2D eigenvalue weighted by atomic mass is 32.2. The molecule has 1 atom stereocenters. The van der Waals surface area contributed by atoms with Gasteiger partial charge in [0.15, 0.2) is 0 Å². The topological polar surface area (TPSA) is 38.3 Å². The zero-order chi connectivity index (χ0) is 16.7. The molecular weight excluding hydrogens is 318 g/mol. The maximum absolute atomic E-state index is 12.8. The average molecular weight is 346 g/mol. The van der Waals surface area contributed by atoms with Gasteiger partial charge in [-0.2, -0.15) is 0 Å². The van der Waals surface area contributed by atoms with E-state index in [0.717, 1.165) is 28.4 Å². The Morgan fingerprint density at radius 3 is 2.42 bits per heavy atom. The Labute approximate surface area is 148 Å². The van der Waals surface area contributed by atoms with Gasteiger partial charge in [0.25, 0.3) is 0 Å². The average Bonchev–Trinajstić information content (AvgIpc) is 2.53. The molecule has 0 saturated heterocycles. The first-order valence-corrected chi connectivity index (χ1v) is 10.1. The Balaban J connectivity index is 1.40. The van der Waals surface area contributed by atoms with Crippen molar-refractivity contribution < 1.29 is 9.53 Å². The van der Waals surface area contributed by atoms with Crippen LogP contribution in [-0.2, 0) is 4.79 Å². The van der Waals surface area contributed by atoms with Crippen molar-refractivity contribution in [3.05, 3.63) is 24.3 Å². The molecule has 4 saturated carbocycles. The zero-order valence-corrected chi connectivity index (χ0v) is 15.4. The summed E-state index contributed by atoms with van der Waals surface area (Å²) in [5.74, 6) is 3.62. The summed E-state index contributed by atoms with van der Waals surface area (Å²) in [4.78, 5) is 13.9. The molecule has 4 heteroatoms. The number of methoxy groups -OCH3 is 1. The van der Waals surface area contributed by atoms with Crippen molar-refractivity contribution in [3.63, 3.8) is 0 Å². The molecule has 0 heterocycles. The lowest BCUT2D eigenvalue weighted by atomic mass is 9.53. The van der Waals surface area contributed by atoms with Crippen LogP contribution >= 0.6 is 11.8 Å². The third kappa shape index (κ3) is 3.17. The number of carbonyl (C=O) groups excluding carboxylic acids is 1. The Kier molecular flexibility index (Phi) is 4.27. The molecule has 4 fully saturated rings. The van der Waals surface area contributed by atoms with E-state index in [2.05, 4.69) is 5.32 Å². The highest BCUT2D eigenvalue weighted by Crippen LogP contribution is 2.55. The number of rotatable bonds is 5. The van der Waals surface area contributed by atoms with E-state index in [9.17, 15) is 4.79 Å². The quantitative estimate of drug-likeness (QED) is 0.810. The van der Waals surface area contributed by atoms with Crippen LogP contribution in [0.15, 0.2) is 29.2 Å². The van der Waals surface area contributed by atoms with Crippen molar-refractivity contribution in [1.29, 1.82) is 0 Å². The minimum atomic E-state index is -0.0786. The second-order valence-electron chi connectivity index (χ2n) is 8.13. The van der Waals surface area contributed by atoms with E-state index in [1.165, 1.54) is 38.5 Å². The molecule has 130 valence electrons. The van der Waals surface area contributed by atoms with E-state index < -0.39 is 0 Å². The van der Waals surface area contributed by atoms with Gasteiger partial charge in [-0.25, -0.2) is 0 Å². The number of hydrogen-bond acceptors (Lipinski definition) is 3. The van der Waals surface area contributed by atoms with Crippen LogP contribution in [0.25, 0.3) is 0 Å². The number of carbonyl (C=O) groups is 1. The predicted octanol–water partition coefficient (Wildman–Crippen LogP) is 4.26. The molecule has 0 spiro atoms. The van der Waals surface area contributed by atoms with Gasteiger partial charge in [-0.1, -0.05) is 6.07 Å². The van der Waals surface area contributed by atoms with Crippen molar-refractivity contribution in [2.45, 2.75) is 61.1 Å². The van der Waals surface area contributed by atoms with Crippen LogP contribution in [0.3, 0.4) is 0 Å². The van der Waals surface area contributed by atoms with E-state index in [1.807, 2.05) is 31.2 Å². The second kappa shape index (κ2) is 6.29. The number of thioether (sulfide) groups is 1. The minimum Gasteiger partial charge on any atom is -0.497 e. The van der Waals surface area contributed by atoms with E-state index in [4.69, 9.17) is 4.74 Å². The van der Waals surface area contributed by atoms with Crippen molar-refractivity contribution in [3.8, 4) is 5.75 Å². The van der Waals surface area contributed by atoms with Crippen LogP contribution in [-0.4, -0.2) is 23.8 Å². The molecule has 1 amide bonds. The standard InChI is InChI=1S/C20H27NO2S/c1-13(24-18-5-3-4-17(9-18)23-2)19(22)21-20-10-14-6-15(11-20)8-16(7-14)12-20/h3-5,9,13-16H,6-8,10-12H2,1-2H3,(H,21,22). The van der Waals surface area contributed by atoms with Crippen molar-refractivity contribution in [2.24, 2.45) is 17.8 Å². The summed E-state index contributed by atoms with van der Waals surface area (Å²) in [7, 11) is 1.67. The minimum absolute atomic E-state index is 0.0786. The number of hydrogen-bond donors (Lipinski definition) is 1. The summed E-state index contributed by atoms with van der Waals surface area (Å²) < 4.78 is 5.27. The summed E-state index contributed by atoms with van der Waals surface area (Å²) in [5, 5.41) is 3.40. The van der Waals surface area contributed by atoms with Gasteiger partial charge in [0.05, 0.1) is 12.4 Å². The normalized spacial score (nSPS) is 34.8. The van der Waals surface area contributed by atoms with E-state index in [0.29, 0.717) is 0 Å². The Bertz CT molecular complexity index is 595. The van der Waals surface area contributed by atoms with Crippen molar-refractivity contribution in [2.75, 3.05) is 7.11 Å². The fourth-order valence-electron chi connectivity index (χ4n) is 5.56. The molecule has 0 aromatic heterocycles. The molecule has 24 heavy (non-hydrogen) atoms. The van der Waals surface area contributed by atoms with Gasteiger partial charge < -0.3 is 10.1 Å². The molecular formula is C20H27NO2S. The van der Waals surface area contributed by atoms with Gasteiger partial charge in [0, 0.05) is 10.4 Å². The monoisotopic (exact) mass is 345 g/mol. The van der Waals surface area contributed by atoms with Crippen molar-refractivity contribution >= 4 is 17.7 Å². The first-order valence-electron chi connectivity index (χ1n) is 9.18. The number of nitrogens with one attached hydrogen (secondary N) is 1. The summed E-state index contributed by atoms with van der Waals surface area (Å²) >= 11 is 1.62. The zero-order valence-electron chi connectivity index (χ0n) is 14.6. The number of benzene rings is 1. The molecule has 3 nitrogen and oxygen atoms in total. The summed E-state index contributed by atoms with van der Waals surface area (Å²) in [6.45, 7) is 2.01. The molecule has 1 unspecified atom stereocenters. The van der Waals surface area contributed by atoms with Crippen LogP contribution in [0, 0.1) is 17.8 Å². The summed E-state index contributed by atoms with van der Waals surface area (Å²) in [6, 6.07) is 7.95. The smallest absolute Gasteiger partial charge is 0.233 e. The molecule has 1 N–H and O–H groups in total. The van der Waals surface area contributed by atoms with Gasteiger partial charge in [0.1, 0.15) is 5.75 Å². The lowest BCUT2D eigenvalue weighted by molar-refractivity contribution is -0.126. The Morgan fingerprint density at radius 2 is 1.83 bits per heavy atom. The number of ether oxygens (including phenoxy) is 1. The maximum atomic E-state index is 12.8. The van der Waals surface area contributed by atoms with Gasteiger partial charge in [0.2, 0.25) is 5.91 Å². The van der Waals surface area contributed by atoms with Crippen LogP contribution in [0.5, 0.6) is 5.75 Å². The Morgan fingerprint density at radius 1 is 1.21 bits per heavy atom. The lowest BCUT2D eigenvalue weighted by Gasteiger charge is -2.57. The molecule has 4 aliphatic carbocycles. The van der Waals surface area contributed by atoms with Gasteiger partial charge in [-0.15, -0.1) is 11.8 Å². The first kappa shape index (κ1) is 16.3. The molecule has 4 bridgehead atoms. The van der Waals surface area contributed by atoms with E-state index in [-0.39, 0.29) is 16.7 Å². The van der Waals surface area contributed by atoms with Crippen molar-refractivity contribution in [1.82, 2.24) is 5.32 Å². The summed E-state index contributed by atoms with van der Waals surface area (Å²) in [5.41, 5.74) is 0.106. The Hall–Kier alpha value is -1.16. The highest BCUT2D eigenvalue weighted by Gasteiger charge is 2.51. The largest absolute Gasteiger partial charge is 0.497 e. The molecule has 4 aliphatic rings. The fourth-order valence-corrected chi connectivity index (χ4v) is 6.47. The first-order chi connectivity index (χ1) is 11.5. The van der Waals surface area contributed by atoms with Crippen LogP contribution in [0.4, 0.5) is 0 Å². The molecule has 1 aromatic rings. The molecule has 0 radical (unpaired) electrons. The molecule has 5 rings (SSSR count). The maximum Gasteiger partial charge on any atom is 0.233 e. The SMILES string of the molecule is COc1cccc(SC(C)C(=O)NC23CC4CC(CC(C4)C2)C3)c1. The third-order valence-corrected chi connectivity index (χ3v) is 7.24. The fraction of sp³-hybridized carbons (Fsp3) is 0.650. The second-order valence-corrected chi connectivity index (χ2v) is 9.54. The molecule has 1 aromatic carbocycles. The van der Waals surface area contributed by atoms with Crippen LogP contribution in [0.1, 0.15) is 45.4 Å². The predicted molar refractivity (Wildman–Crippen MR) is 97.4 cm³/mol. The third-order valence-electron chi connectivity index (χ3n) is 6.15. The lowest BCUT2D eigenvalue weighted by Crippen LogP contribution is -2.60. The van der Waals surface area contributed by atoms with E-state index in [1.54, 1.807) is 18.9 Å². The van der Waals surface area contributed by atoms with Crippen LogP contribution < -0.4 is 10.1 Å². The van der Waals surface area contributed by atoms with Crippen LogP contribution in [0.2, 0.25) is 0 Å². The van der Waals surface area contributed by atoms with Gasteiger partial charge >= 0.3 is 0 Å². The highest BCUT2D eigenvalue weighted by molar-refractivity contribution is 8.00. The summed E-state index contributed by atoms with van der Waals surface area (Å²) in [6.07, 6.45) is 7.85. The van der Waals surface area contributed by atoms with E-state index >= 15 is 0 Å². The van der Waals surface area contributed by atoms with Gasteiger partial charge in [-0.3, -0.25) is 4.79 Å². The molecule has 0 aliphatic heterocycles. The van der Waals surface area contributed by atoms with Gasteiger partial charge in [-0.05, 0) is 81.4 Å².